The van der Waals surface area contributed by atoms with Gasteiger partial charge in [0.1, 0.15) is 11.6 Å². The molecule has 3 rings (SSSR count). The van der Waals surface area contributed by atoms with Gasteiger partial charge in [-0.1, -0.05) is 32.1 Å². The van der Waals surface area contributed by atoms with Gasteiger partial charge in [-0.2, -0.15) is 5.10 Å². The Morgan fingerprint density at radius 1 is 1.19 bits per heavy atom. The molecule has 1 amide bonds. The van der Waals surface area contributed by atoms with Gasteiger partial charge in [0, 0.05) is 13.0 Å². The number of hydrogen-bond acceptors (Lipinski definition) is 5. The molecule has 4 N–H and O–H groups in total. The second-order valence-corrected chi connectivity index (χ2v) is 7.79. The van der Waals surface area contributed by atoms with Crippen LogP contribution in [0.15, 0.2) is 36.4 Å². The van der Waals surface area contributed by atoms with Gasteiger partial charge in [0.15, 0.2) is 0 Å². The molecular formula is C24H28FN3O4. The summed E-state index contributed by atoms with van der Waals surface area (Å²) in [6.07, 6.45) is 3.96. The van der Waals surface area contributed by atoms with Gasteiger partial charge in [-0.05, 0) is 41.8 Å². The van der Waals surface area contributed by atoms with Crippen molar-refractivity contribution < 1.29 is 24.1 Å². The molecule has 0 spiro atoms. The van der Waals surface area contributed by atoms with Crippen molar-refractivity contribution in [3.63, 3.8) is 0 Å². The second kappa shape index (κ2) is 10.9. The van der Waals surface area contributed by atoms with Crippen molar-refractivity contribution in [2.75, 3.05) is 19.8 Å². The van der Waals surface area contributed by atoms with Crippen molar-refractivity contribution in [1.29, 1.82) is 0 Å². The highest BCUT2D eigenvalue weighted by atomic mass is 19.1. The fourth-order valence-electron chi connectivity index (χ4n) is 3.21. The lowest BCUT2D eigenvalue weighted by molar-refractivity contribution is 0.0893. The van der Waals surface area contributed by atoms with Crippen LogP contribution < -0.4 is 10.1 Å². The number of hydrogen-bond donors (Lipinski definition) is 4. The molecule has 0 saturated carbocycles. The number of benzene rings is 2. The van der Waals surface area contributed by atoms with E-state index in [9.17, 15) is 14.3 Å². The average Bonchev–Trinajstić information content (AvgIpc) is 3.20. The lowest BCUT2D eigenvalue weighted by Crippen LogP contribution is -2.41. The number of rotatable bonds is 10. The number of fused-ring (bicyclic) bond motifs is 1. The number of amides is 1. The van der Waals surface area contributed by atoms with E-state index in [1.165, 1.54) is 12.1 Å². The van der Waals surface area contributed by atoms with Crippen LogP contribution in [0.5, 0.6) is 5.75 Å². The Kier molecular flexibility index (Phi) is 7.97. The summed E-state index contributed by atoms with van der Waals surface area (Å²) >= 11 is 0. The van der Waals surface area contributed by atoms with Crippen LogP contribution in [0.2, 0.25) is 0 Å². The maximum atomic E-state index is 13.2. The first-order valence-electron chi connectivity index (χ1n) is 10.5. The van der Waals surface area contributed by atoms with Crippen molar-refractivity contribution in [2.24, 2.45) is 5.92 Å². The van der Waals surface area contributed by atoms with Crippen LogP contribution in [0.3, 0.4) is 0 Å². The Morgan fingerprint density at radius 3 is 2.59 bits per heavy atom. The van der Waals surface area contributed by atoms with E-state index in [2.05, 4.69) is 15.5 Å². The number of H-pyrrole nitrogens is 1. The SMILES string of the molecule is CC(C)[C@@H](CO)NC(=O)c1ccc2[nH]nc(C=Cc3ccc(F)cc3)c2c1OCCCO. The second-order valence-electron chi connectivity index (χ2n) is 7.79. The molecule has 32 heavy (non-hydrogen) atoms. The van der Waals surface area contributed by atoms with Gasteiger partial charge in [-0.25, -0.2) is 4.39 Å². The van der Waals surface area contributed by atoms with Crippen molar-refractivity contribution >= 4 is 29.0 Å². The minimum Gasteiger partial charge on any atom is -0.492 e. The Labute approximate surface area is 185 Å². The number of nitrogens with zero attached hydrogens (tertiary/aromatic N) is 1. The number of carbonyl (C=O) groups is 1. The maximum Gasteiger partial charge on any atom is 0.255 e. The molecule has 8 heteroatoms. The molecule has 1 heterocycles. The van der Waals surface area contributed by atoms with E-state index in [1.54, 1.807) is 36.4 Å². The molecular weight excluding hydrogens is 413 g/mol. The quantitative estimate of drug-likeness (QED) is 0.361. The third-order valence-electron chi connectivity index (χ3n) is 5.13. The third kappa shape index (κ3) is 5.52. The number of aliphatic hydroxyl groups is 2. The van der Waals surface area contributed by atoms with Gasteiger partial charge < -0.3 is 20.3 Å². The van der Waals surface area contributed by atoms with Gasteiger partial charge in [-0.15, -0.1) is 0 Å². The van der Waals surface area contributed by atoms with Crippen LogP contribution >= 0.6 is 0 Å². The van der Waals surface area contributed by atoms with E-state index in [-0.39, 0.29) is 37.5 Å². The lowest BCUT2D eigenvalue weighted by atomic mass is 10.0. The molecule has 2 aromatic carbocycles. The van der Waals surface area contributed by atoms with E-state index in [0.717, 1.165) is 5.56 Å². The Bertz CT molecular complexity index is 1080. The highest BCUT2D eigenvalue weighted by Crippen LogP contribution is 2.33. The van der Waals surface area contributed by atoms with Gasteiger partial charge in [0.25, 0.3) is 5.91 Å². The van der Waals surface area contributed by atoms with Crippen molar-refractivity contribution in [3.8, 4) is 5.75 Å². The zero-order chi connectivity index (χ0) is 23.1. The molecule has 0 aliphatic heterocycles. The van der Waals surface area contributed by atoms with Gasteiger partial charge in [-0.3, -0.25) is 9.89 Å². The van der Waals surface area contributed by atoms with Gasteiger partial charge in [0.05, 0.1) is 41.4 Å². The molecule has 0 bridgehead atoms. The first kappa shape index (κ1) is 23.4. The molecule has 1 atom stereocenters. The number of halogens is 1. The summed E-state index contributed by atoms with van der Waals surface area (Å²) in [5.41, 5.74) is 2.34. The zero-order valence-corrected chi connectivity index (χ0v) is 18.1. The number of ether oxygens (including phenoxy) is 1. The van der Waals surface area contributed by atoms with Gasteiger partial charge in [0.2, 0.25) is 0 Å². The topological polar surface area (TPSA) is 107 Å². The zero-order valence-electron chi connectivity index (χ0n) is 18.1. The van der Waals surface area contributed by atoms with Crippen LogP contribution in [0, 0.1) is 11.7 Å². The van der Waals surface area contributed by atoms with Crippen LogP contribution in [-0.4, -0.2) is 52.2 Å². The predicted molar refractivity (Wildman–Crippen MR) is 122 cm³/mol. The van der Waals surface area contributed by atoms with E-state index in [0.29, 0.717) is 34.3 Å². The summed E-state index contributed by atoms with van der Waals surface area (Å²) in [5, 5.41) is 29.5. The van der Waals surface area contributed by atoms with Crippen LogP contribution in [0.25, 0.3) is 23.1 Å². The smallest absolute Gasteiger partial charge is 0.255 e. The van der Waals surface area contributed by atoms with Gasteiger partial charge >= 0.3 is 0 Å². The largest absolute Gasteiger partial charge is 0.492 e. The number of aromatic amines is 1. The molecule has 1 aromatic heterocycles. The summed E-state index contributed by atoms with van der Waals surface area (Å²) < 4.78 is 19.1. The minimum atomic E-state index is -0.398. The van der Waals surface area contributed by atoms with E-state index in [1.807, 2.05) is 13.8 Å². The molecule has 0 unspecified atom stereocenters. The lowest BCUT2D eigenvalue weighted by Gasteiger charge is -2.21. The van der Waals surface area contributed by atoms with E-state index in [4.69, 9.17) is 9.84 Å². The third-order valence-corrected chi connectivity index (χ3v) is 5.13. The van der Waals surface area contributed by atoms with Crippen molar-refractivity contribution in [3.05, 3.63) is 59.0 Å². The Morgan fingerprint density at radius 2 is 1.94 bits per heavy atom. The monoisotopic (exact) mass is 441 g/mol. The average molecular weight is 442 g/mol. The maximum absolute atomic E-state index is 13.2. The molecule has 7 nitrogen and oxygen atoms in total. The normalized spacial score (nSPS) is 12.6. The summed E-state index contributed by atoms with van der Waals surface area (Å²) in [4.78, 5) is 13.0. The molecule has 0 fully saturated rings. The molecule has 0 aliphatic rings. The predicted octanol–water partition coefficient (Wildman–Crippen LogP) is 3.38. The summed E-state index contributed by atoms with van der Waals surface area (Å²) in [5.74, 6) is -0.283. The fraction of sp³-hybridized carbons (Fsp3) is 0.333. The highest BCUT2D eigenvalue weighted by molar-refractivity contribution is 6.05. The molecule has 0 radical (unpaired) electrons. The fourth-order valence-corrected chi connectivity index (χ4v) is 3.21. The Hall–Kier alpha value is -3.23. The first-order chi connectivity index (χ1) is 15.4. The van der Waals surface area contributed by atoms with E-state index >= 15 is 0 Å². The summed E-state index contributed by atoms with van der Waals surface area (Å²) in [6.45, 7) is 3.83. The van der Waals surface area contributed by atoms with Crippen LogP contribution in [0.1, 0.15) is 41.9 Å². The molecule has 3 aromatic rings. The highest BCUT2D eigenvalue weighted by Gasteiger charge is 2.22. The summed E-state index contributed by atoms with van der Waals surface area (Å²) in [7, 11) is 0. The number of aliphatic hydroxyl groups excluding tert-OH is 2. The molecule has 0 aliphatic carbocycles. The van der Waals surface area contributed by atoms with Crippen LogP contribution in [0.4, 0.5) is 4.39 Å². The number of carbonyl (C=O) groups excluding carboxylic acids is 1. The van der Waals surface area contributed by atoms with Crippen molar-refractivity contribution in [1.82, 2.24) is 15.5 Å². The number of nitrogens with one attached hydrogen (secondary N) is 2. The standard InChI is InChI=1S/C24H28FN3O4/c1-15(2)21(14-30)26-24(31)18-9-11-20-22(23(18)32-13-3-12-29)19(27-28-20)10-6-16-4-7-17(25)8-5-16/h4-11,15,21,29-30H,3,12-14H2,1-2H3,(H,26,31)(H,27,28)/t21-/m1/s1. The Balaban J connectivity index is 2.02. The van der Waals surface area contributed by atoms with Crippen LogP contribution in [-0.2, 0) is 0 Å². The van der Waals surface area contributed by atoms with E-state index < -0.39 is 6.04 Å². The molecule has 170 valence electrons. The number of aromatic nitrogens is 2. The molecule has 0 saturated heterocycles. The van der Waals surface area contributed by atoms with Crippen molar-refractivity contribution in [2.45, 2.75) is 26.3 Å². The first-order valence-corrected chi connectivity index (χ1v) is 10.5. The minimum absolute atomic E-state index is 0.0415. The summed E-state index contributed by atoms with van der Waals surface area (Å²) in [6, 6.07) is 9.05.